The smallest absolute Gasteiger partial charge is 0.304 e. The van der Waals surface area contributed by atoms with Crippen LogP contribution >= 0.6 is 0 Å². The molecule has 2 amide bonds. The third-order valence-corrected chi connectivity index (χ3v) is 13.2. The van der Waals surface area contributed by atoms with Crippen LogP contribution in [0.5, 0.6) is 5.75 Å². The van der Waals surface area contributed by atoms with Gasteiger partial charge in [-0.3, -0.25) is 9.59 Å². The lowest BCUT2D eigenvalue weighted by Crippen LogP contribution is -2.46. The number of aromatic nitrogens is 1. The summed E-state index contributed by atoms with van der Waals surface area (Å²) in [6, 6.07) is 11.9. The number of methoxy groups -OCH3 is 1. The standard InChI is InChI=1S/C39H55N5O5S/c1-7-14-28(24-42(5)8-2)40-38(46)39-23-33(39)32-22-29(49-6)18-20-30(32)36-35(26-15-12-11-13-16-26)31-19-17-27(21-34(31)44(36)25-39)37(45)41-50(47,48)43(9-3)10-4/h17-22,26,28,33H,7-16,23-25H2,1-6H3,(H,40,46)(H,41,45)/t28?,33-,39-/m0/s1. The summed E-state index contributed by atoms with van der Waals surface area (Å²) in [5, 5.41) is 4.56. The number of hydrogen-bond acceptors (Lipinski definition) is 6. The fraction of sp³-hybridized carbons (Fsp3) is 0.590. The average molecular weight is 706 g/mol. The third kappa shape index (κ3) is 6.68. The Hall–Kier alpha value is -3.41. The lowest BCUT2D eigenvalue weighted by Gasteiger charge is -2.27. The molecule has 2 saturated carbocycles. The zero-order chi connectivity index (χ0) is 35.8. The summed E-state index contributed by atoms with van der Waals surface area (Å²) in [5.41, 5.74) is 5.13. The molecule has 2 aromatic carbocycles. The Morgan fingerprint density at radius 1 is 1.02 bits per heavy atom. The first-order valence-electron chi connectivity index (χ1n) is 18.7. The Morgan fingerprint density at radius 3 is 2.42 bits per heavy atom. The normalized spacial score (nSPS) is 20.9. The lowest BCUT2D eigenvalue weighted by atomic mass is 9.81. The fourth-order valence-corrected chi connectivity index (χ4v) is 9.80. The molecule has 0 saturated heterocycles. The molecule has 272 valence electrons. The van der Waals surface area contributed by atoms with Gasteiger partial charge in [-0.05, 0) is 86.7 Å². The van der Waals surface area contributed by atoms with Gasteiger partial charge < -0.3 is 19.5 Å². The lowest BCUT2D eigenvalue weighted by molar-refractivity contribution is -0.127. The zero-order valence-electron chi connectivity index (χ0n) is 30.7. The summed E-state index contributed by atoms with van der Waals surface area (Å²) in [5.74, 6) is 0.561. The molecule has 1 aromatic heterocycles. The SMILES string of the molecule is CCCC(CN(C)CC)NC(=O)[C@]12C[C@H]1c1cc(OC)ccc1-c1c(C3CCCCC3)c3ccc(C(=O)NS(=O)(=O)N(CC)CC)cc3n1C2. The molecule has 3 aromatic rings. The predicted molar refractivity (Wildman–Crippen MR) is 199 cm³/mol. The highest BCUT2D eigenvalue weighted by atomic mass is 32.2. The molecule has 2 fully saturated rings. The van der Waals surface area contributed by atoms with Crippen molar-refractivity contribution in [2.24, 2.45) is 5.41 Å². The summed E-state index contributed by atoms with van der Waals surface area (Å²) in [4.78, 5) is 30.5. The second kappa shape index (κ2) is 14.7. The van der Waals surface area contributed by atoms with E-state index in [9.17, 15) is 18.0 Å². The van der Waals surface area contributed by atoms with E-state index in [1.54, 1.807) is 27.0 Å². The van der Waals surface area contributed by atoms with E-state index in [0.29, 0.717) is 12.5 Å². The summed E-state index contributed by atoms with van der Waals surface area (Å²) in [7, 11) is -0.223. The number of carbonyl (C=O) groups excluding carboxylic acids is 2. The van der Waals surface area contributed by atoms with Gasteiger partial charge in [-0.2, -0.15) is 12.7 Å². The maximum Gasteiger partial charge on any atom is 0.304 e. The molecule has 3 aliphatic rings. The van der Waals surface area contributed by atoms with Crippen LogP contribution in [0, 0.1) is 5.41 Å². The van der Waals surface area contributed by atoms with Crippen molar-refractivity contribution in [2.45, 2.75) is 103 Å². The minimum Gasteiger partial charge on any atom is -0.497 e. The van der Waals surface area contributed by atoms with Crippen molar-refractivity contribution in [1.29, 1.82) is 0 Å². The number of rotatable bonds is 14. The number of amides is 2. The monoisotopic (exact) mass is 705 g/mol. The highest BCUT2D eigenvalue weighted by molar-refractivity contribution is 7.87. The largest absolute Gasteiger partial charge is 0.497 e. The number of fused-ring (bicyclic) bond motifs is 7. The molecule has 0 radical (unpaired) electrons. The minimum absolute atomic E-state index is 0.0265. The zero-order valence-corrected chi connectivity index (χ0v) is 31.5. The van der Waals surface area contributed by atoms with E-state index in [1.165, 1.54) is 16.3 Å². The maximum absolute atomic E-state index is 14.6. The van der Waals surface area contributed by atoms with E-state index < -0.39 is 21.5 Å². The number of carbonyl (C=O) groups is 2. The number of nitrogens with one attached hydrogen (secondary N) is 2. The minimum atomic E-state index is -4.00. The summed E-state index contributed by atoms with van der Waals surface area (Å²) < 4.78 is 37.6. The molecule has 1 unspecified atom stereocenters. The molecule has 6 rings (SSSR count). The van der Waals surface area contributed by atoms with E-state index in [1.807, 2.05) is 18.2 Å². The molecule has 3 atom stereocenters. The number of likely N-dealkylation sites (N-methyl/N-ethyl adjacent to an activating group) is 1. The molecule has 2 heterocycles. The molecule has 50 heavy (non-hydrogen) atoms. The van der Waals surface area contributed by atoms with E-state index in [-0.39, 0.29) is 36.5 Å². The summed E-state index contributed by atoms with van der Waals surface area (Å²) in [6.07, 6.45) is 8.32. The van der Waals surface area contributed by atoms with Gasteiger partial charge in [0.2, 0.25) is 5.91 Å². The topological polar surface area (TPSA) is 113 Å². The Bertz CT molecular complexity index is 1840. The number of hydrogen-bond donors (Lipinski definition) is 2. The molecule has 0 spiro atoms. The van der Waals surface area contributed by atoms with Crippen LogP contribution in [0.25, 0.3) is 22.2 Å². The van der Waals surface area contributed by atoms with Gasteiger partial charge in [-0.25, -0.2) is 4.72 Å². The van der Waals surface area contributed by atoms with E-state index >= 15 is 0 Å². The first kappa shape index (κ1) is 36.4. The van der Waals surface area contributed by atoms with Crippen LogP contribution in [0.15, 0.2) is 36.4 Å². The third-order valence-electron chi connectivity index (χ3n) is 11.5. The van der Waals surface area contributed by atoms with E-state index in [0.717, 1.165) is 91.5 Å². The first-order chi connectivity index (χ1) is 24.0. The van der Waals surface area contributed by atoms with E-state index in [4.69, 9.17) is 4.74 Å². The maximum atomic E-state index is 14.6. The van der Waals surface area contributed by atoms with Gasteiger partial charge in [0.15, 0.2) is 0 Å². The average Bonchev–Trinajstić information content (AvgIpc) is 3.78. The van der Waals surface area contributed by atoms with Gasteiger partial charge in [0.1, 0.15) is 5.75 Å². The van der Waals surface area contributed by atoms with Crippen molar-refractivity contribution in [3.8, 4) is 17.0 Å². The van der Waals surface area contributed by atoms with Crippen LogP contribution in [0.2, 0.25) is 0 Å². The predicted octanol–water partition coefficient (Wildman–Crippen LogP) is 6.40. The Labute approximate surface area is 298 Å². The summed E-state index contributed by atoms with van der Waals surface area (Å²) >= 11 is 0. The number of nitrogens with zero attached hydrogens (tertiary/aromatic N) is 3. The second-order valence-corrected chi connectivity index (χ2v) is 16.3. The van der Waals surface area contributed by atoms with Crippen molar-refractivity contribution in [3.05, 3.63) is 53.1 Å². The second-order valence-electron chi connectivity index (χ2n) is 14.6. The van der Waals surface area contributed by atoms with Crippen molar-refractivity contribution in [3.63, 3.8) is 0 Å². The Kier molecular flexibility index (Phi) is 10.7. The van der Waals surface area contributed by atoms with Crippen LogP contribution in [0.4, 0.5) is 0 Å². The molecule has 1 aliphatic heterocycles. The first-order valence-corrected chi connectivity index (χ1v) is 20.1. The Balaban J connectivity index is 1.51. The number of benzene rings is 2. The highest BCUT2D eigenvalue weighted by Gasteiger charge is 2.63. The molecule has 11 heteroatoms. The van der Waals surface area contributed by atoms with Crippen LogP contribution in [-0.2, 0) is 21.5 Å². The van der Waals surface area contributed by atoms with Crippen molar-refractivity contribution in [1.82, 2.24) is 23.8 Å². The van der Waals surface area contributed by atoms with Crippen LogP contribution in [-0.4, -0.2) is 80.4 Å². The van der Waals surface area contributed by atoms with Gasteiger partial charge in [0, 0.05) is 60.2 Å². The van der Waals surface area contributed by atoms with Gasteiger partial charge in [-0.1, -0.05) is 59.4 Å². The van der Waals surface area contributed by atoms with Gasteiger partial charge in [0.25, 0.3) is 5.91 Å². The fourth-order valence-electron chi connectivity index (χ4n) is 8.64. The van der Waals surface area contributed by atoms with Crippen LogP contribution in [0.3, 0.4) is 0 Å². The van der Waals surface area contributed by atoms with Gasteiger partial charge in [-0.15, -0.1) is 0 Å². The highest BCUT2D eigenvalue weighted by Crippen LogP contribution is 2.65. The molecule has 10 nitrogen and oxygen atoms in total. The van der Waals surface area contributed by atoms with Crippen molar-refractivity contribution in [2.75, 3.05) is 40.3 Å². The van der Waals surface area contributed by atoms with Gasteiger partial charge >= 0.3 is 10.2 Å². The number of ether oxygens (including phenoxy) is 1. The van der Waals surface area contributed by atoms with Crippen LogP contribution < -0.4 is 14.8 Å². The summed E-state index contributed by atoms with van der Waals surface area (Å²) in [6.45, 7) is 10.5. The van der Waals surface area contributed by atoms with Crippen molar-refractivity contribution < 1.29 is 22.7 Å². The Morgan fingerprint density at radius 2 is 1.76 bits per heavy atom. The molecule has 2 aliphatic carbocycles. The van der Waals surface area contributed by atoms with E-state index in [2.05, 4.69) is 52.5 Å². The molecular weight excluding hydrogens is 651 g/mol. The van der Waals surface area contributed by atoms with Crippen LogP contribution in [0.1, 0.15) is 112 Å². The van der Waals surface area contributed by atoms with Gasteiger partial charge in [0.05, 0.1) is 18.2 Å². The quantitative estimate of drug-likeness (QED) is 0.201. The van der Waals surface area contributed by atoms with Crippen molar-refractivity contribution >= 4 is 32.9 Å². The molecule has 2 N–H and O–H groups in total. The molecular formula is C39H55N5O5S. The molecule has 0 bridgehead atoms.